The highest BCUT2D eigenvalue weighted by atomic mass is 19.1. The summed E-state index contributed by atoms with van der Waals surface area (Å²) in [6, 6.07) is 13.0. The van der Waals surface area contributed by atoms with Gasteiger partial charge in [0.15, 0.2) is 23.4 Å². The highest BCUT2D eigenvalue weighted by molar-refractivity contribution is 5.80. The van der Waals surface area contributed by atoms with Gasteiger partial charge < -0.3 is 20.0 Å². The Morgan fingerprint density at radius 1 is 1.24 bits per heavy atom. The molecule has 3 aromatic rings. The van der Waals surface area contributed by atoms with Crippen molar-refractivity contribution in [1.29, 1.82) is 0 Å². The maximum absolute atomic E-state index is 14.0. The van der Waals surface area contributed by atoms with Crippen LogP contribution in [0.25, 0.3) is 11.3 Å². The first-order valence-corrected chi connectivity index (χ1v) is 9.55. The van der Waals surface area contributed by atoms with Crippen molar-refractivity contribution in [1.82, 2.24) is 20.6 Å². The zero-order valence-corrected chi connectivity index (χ0v) is 16.2. The van der Waals surface area contributed by atoms with Crippen molar-refractivity contribution in [2.45, 2.75) is 19.0 Å². The van der Waals surface area contributed by atoms with Gasteiger partial charge in [0, 0.05) is 37.9 Å². The molecule has 1 atom stereocenters. The molecule has 1 unspecified atom stereocenters. The number of rotatable bonds is 5. The van der Waals surface area contributed by atoms with E-state index >= 15 is 0 Å². The smallest absolute Gasteiger partial charge is 0.214 e. The van der Waals surface area contributed by atoms with Crippen molar-refractivity contribution in [2.24, 2.45) is 4.99 Å². The van der Waals surface area contributed by atoms with E-state index in [9.17, 15) is 4.39 Å². The molecule has 0 amide bonds. The van der Waals surface area contributed by atoms with E-state index < -0.39 is 0 Å². The second kappa shape index (κ2) is 8.72. The number of halogens is 1. The third-order valence-electron chi connectivity index (χ3n) is 4.81. The minimum atomic E-state index is -0.297. The molecule has 7 nitrogen and oxygen atoms in total. The number of anilines is 1. The van der Waals surface area contributed by atoms with E-state index in [1.165, 1.54) is 6.07 Å². The summed E-state index contributed by atoms with van der Waals surface area (Å²) < 4.78 is 19.8. The average molecular weight is 394 g/mol. The Labute approximate surface area is 168 Å². The van der Waals surface area contributed by atoms with Gasteiger partial charge in [-0.1, -0.05) is 30.3 Å². The molecule has 0 saturated carbocycles. The number of pyridine rings is 1. The van der Waals surface area contributed by atoms with Gasteiger partial charge in [-0.05, 0) is 18.6 Å². The molecule has 1 aliphatic rings. The number of oxazole rings is 1. The molecule has 1 saturated heterocycles. The Bertz CT molecular complexity index is 974. The second-order valence-electron chi connectivity index (χ2n) is 6.79. The van der Waals surface area contributed by atoms with Gasteiger partial charge in [0.25, 0.3) is 0 Å². The fourth-order valence-corrected chi connectivity index (χ4v) is 3.36. The first-order valence-electron chi connectivity index (χ1n) is 9.55. The summed E-state index contributed by atoms with van der Waals surface area (Å²) in [5, 5.41) is 6.59. The Kier molecular flexibility index (Phi) is 5.69. The molecule has 0 radical (unpaired) electrons. The fourth-order valence-electron chi connectivity index (χ4n) is 3.36. The van der Waals surface area contributed by atoms with Crippen LogP contribution in [0, 0.1) is 5.82 Å². The van der Waals surface area contributed by atoms with Crippen LogP contribution in [0.2, 0.25) is 0 Å². The van der Waals surface area contributed by atoms with Gasteiger partial charge in [-0.3, -0.25) is 4.99 Å². The van der Waals surface area contributed by atoms with Gasteiger partial charge in [0.1, 0.15) is 0 Å². The van der Waals surface area contributed by atoms with E-state index in [-0.39, 0.29) is 11.9 Å². The van der Waals surface area contributed by atoms with Crippen LogP contribution in [0.3, 0.4) is 0 Å². The van der Waals surface area contributed by atoms with Gasteiger partial charge in [-0.25, -0.2) is 14.4 Å². The topological polar surface area (TPSA) is 78.6 Å². The van der Waals surface area contributed by atoms with Crippen LogP contribution < -0.4 is 15.5 Å². The van der Waals surface area contributed by atoms with Crippen molar-refractivity contribution in [3.05, 3.63) is 66.6 Å². The fraction of sp³-hybridized carbons (Fsp3) is 0.286. The second-order valence-corrected chi connectivity index (χ2v) is 6.79. The van der Waals surface area contributed by atoms with E-state index in [1.807, 2.05) is 35.2 Å². The summed E-state index contributed by atoms with van der Waals surface area (Å²) >= 11 is 0. The number of aromatic nitrogens is 2. The maximum Gasteiger partial charge on any atom is 0.214 e. The van der Waals surface area contributed by atoms with Gasteiger partial charge >= 0.3 is 0 Å². The lowest BCUT2D eigenvalue weighted by Crippen LogP contribution is -2.44. The molecule has 4 rings (SSSR count). The molecule has 150 valence electrons. The Hall–Kier alpha value is -3.42. The summed E-state index contributed by atoms with van der Waals surface area (Å²) in [6.45, 7) is 1.81. The summed E-state index contributed by atoms with van der Waals surface area (Å²) in [5.74, 6) is 2.06. The van der Waals surface area contributed by atoms with Gasteiger partial charge in [-0.2, -0.15) is 0 Å². The number of hydrogen-bond donors (Lipinski definition) is 2. The van der Waals surface area contributed by atoms with E-state index in [4.69, 9.17) is 4.42 Å². The van der Waals surface area contributed by atoms with Crippen LogP contribution in [0.4, 0.5) is 10.2 Å². The lowest BCUT2D eigenvalue weighted by Gasteiger charge is -2.19. The molecule has 0 aliphatic carbocycles. The van der Waals surface area contributed by atoms with E-state index in [1.54, 1.807) is 25.5 Å². The molecule has 29 heavy (non-hydrogen) atoms. The minimum absolute atomic E-state index is 0.145. The normalized spacial score (nSPS) is 16.8. The average Bonchev–Trinajstić information content (AvgIpc) is 3.42. The zero-order chi connectivity index (χ0) is 20.1. The van der Waals surface area contributed by atoms with Crippen LogP contribution in [0.15, 0.2) is 64.3 Å². The Morgan fingerprint density at radius 3 is 2.90 bits per heavy atom. The minimum Gasteiger partial charge on any atom is -0.439 e. The molecule has 1 aromatic carbocycles. The SMILES string of the molecule is CN=C(NCc1ncc(-c2ccccc2)o1)NC1CCN(c2ncccc2F)C1. The van der Waals surface area contributed by atoms with Crippen molar-refractivity contribution in [2.75, 3.05) is 25.0 Å². The van der Waals surface area contributed by atoms with Crippen molar-refractivity contribution in [3.63, 3.8) is 0 Å². The van der Waals surface area contributed by atoms with Crippen LogP contribution in [-0.2, 0) is 6.54 Å². The van der Waals surface area contributed by atoms with Gasteiger partial charge in [0.05, 0.1) is 12.7 Å². The zero-order valence-electron chi connectivity index (χ0n) is 16.2. The van der Waals surface area contributed by atoms with E-state index in [2.05, 4.69) is 25.6 Å². The van der Waals surface area contributed by atoms with Crippen molar-refractivity contribution >= 4 is 11.8 Å². The van der Waals surface area contributed by atoms with Crippen LogP contribution in [0.5, 0.6) is 0 Å². The predicted octanol–water partition coefficient (Wildman–Crippen LogP) is 2.82. The van der Waals surface area contributed by atoms with Gasteiger partial charge in [0.2, 0.25) is 5.89 Å². The number of nitrogens with one attached hydrogen (secondary N) is 2. The number of nitrogens with zero attached hydrogens (tertiary/aromatic N) is 4. The number of guanidine groups is 1. The highest BCUT2D eigenvalue weighted by Gasteiger charge is 2.26. The summed E-state index contributed by atoms with van der Waals surface area (Å²) in [7, 11) is 1.71. The Morgan fingerprint density at radius 2 is 2.10 bits per heavy atom. The third-order valence-corrected chi connectivity index (χ3v) is 4.81. The summed E-state index contributed by atoms with van der Waals surface area (Å²) in [5.41, 5.74) is 0.988. The molecule has 1 fully saturated rings. The van der Waals surface area contributed by atoms with E-state index in [0.717, 1.165) is 24.3 Å². The molecular weight excluding hydrogens is 371 g/mol. The first kappa shape index (κ1) is 18.9. The summed E-state index contributed by atoms with van der Waals surface area (Å²) in [4.78, 5) is 14.7. The molecule has 0 bridgehead atoms. The quantitative estimate of drug-likeness (QED) is 0.512. The number of aliphatic imine (C=N–C) groups is 1. The maximum atomic E-state index is 14.0. The Balaban J connectivity index is 1.31. The molecule has 8 heteroatoms. The number of hydrogen-bond acceptors (Lipinski definition) is 5. The first-order chi connectivity index (χ1) is 14.2. The predicted molar refractivity (Wildman–Crippen MR) is 110 cm³/mol. The summed E-state index contributed by atoms with van der Waals surface area (Å²) in [6.07, 6.45) is 4.20. The van der Waals surface area contributed by atoms with Crippen LogP contribution in [-0.4, -0.2) is 42.1 Å². The standard InChI is InChI=1S/C21H23FN6O/c1-23-21(26-13-19-25-12-18(29-19)15-6-3-2-4-7-15)27-16-9-11-28(14-16)20-17(22)8-5-10-24-20/h2-8,10,12,16H,9,11,13-14H2,1H3,(H2,23,26,27). The van der Waals surface area contributed by atoms with Crippen molar-refractivity contribution < 1.29 is 8.81 Å². The molecule has 1 aliphatic heterocycles. The lowest BCUT2D eigenvalue weighted by atomic mass is 10.2. The van der Waals surface area contributed by atoms with Crippen LogP contribution in [0.1, 0.15) is 12.3 Å². The molecule has 0 spiro atoms. The number of benzene rings is 1. The molecule has 2 aromatic heterocycles. The van der Waals surface area contributed by atoms with Crippen LogP contribution >= 0.6 is 0 Å². The van der Waals surface area contributed by atoms with Gasteiger partial charge in [-0.15, -0.1) is 0 Å². The third kappa shape index (κ3) is 4.53. The molecule has 2 N–H and O–H groups in total. The lowest BCUT2D eigenvalue weighted by molar-refractivity contribution is 0.496. The largest absolute Gasteiger partial charge is 0.439 e. The van der Waals surface area contributed by atoms with E-state index in [0.29, 0.717) is 30.8 Å². The highest BCUT2D eigenvalue weighted by Crippen LogP contribution is 2.21. The monoisotopic (exact) mass is 394 g/mol. The molecular formula is C21H23FN6O. The molecule has 3 heterocycles. The van der Waals surface area contributed by atoms with Crippen molar-refractivity contribution in [3.8, 4) is 11.3 Å².